The van der Waals surface area contributed by atoms with Gasteiger partial charge in [0.05, 0.1) is 4.91 Å². The highest BCUT2D eigenvalue weighted by molar-refractivity contribution is 8.03. The maximum absolute atomic E-state index is 10.7. The lowest BCUT2D eigenvalue weighted by atomic mass is 10.4. The van der Waals surface area contributed by atoms with Gasteiger partial charge < -0.3 is 4.90 Å². The molecule has 0 aromatic heterocycles. The zero-order chi connectivity index (χ0) is 10.4. The number of hydrogen-bond donors (Lipinski definition) is 0. The summed E-state index contributed by atoms with van der Waals surface area (Å²) in [5.74, 6) is 0. The van der Waals surface area contributed by atoms with Gasteiger partial charge in [-0.15, -0.1) is 0 Å². The molecule has 0 heterocycles. The van der Waals surface area contributed by atoms with Gasteiger partial charge in [-0.1, -0.05) is 30.0 Å². The topological polar surface area (TPSA) is 20.3 Å². The molecule has 1 aromatic rings. The number of nitrogens with zero attached hydrogens (tertiary/aromatic N) is 1. The lowest BCUT2D eigenvalue weighted by Crippen LogP contribution is -2.02. The molecular formula is C11H13NOS. The molecule has 0 aliphatic rings. The highest BCUT2D eigenvalue weighted by Crippen LogP contribution is 2.24. The van der Waals surface area contributed by atoms with Crippen molar-refractivity contribution in [1.29, 1.82) is 0 Å². The van der Waals surface area contributed by atoms with E-state index in [1.54, 1.807) is 0 Å². The lowest BCUT2D eigenvalue weighted by Gasteiger charge is -2.06. The van der Waals surface area contributed by atoms with E-state index in [2.05, 4.69) is 0 Å². The van der Waals surface area contributed by atoms with Crippen molar-refractivity contribution in [3.63, 3.8) is 0 Å². The molecule has 0 saturated carbocycles. The first-order valence-corrected chi connectivity index (χ1v) is 5.10. The molecule has 0 N–H and O–H groups in total. The van der Waals surface area contributed by atoms with E-state index in [0.29, 0.717) is 4.91 Å². The average molecular weight is 207 g/mol. The number of aldehydes is 1. The second kappa shape index (κ2) is 5.50. The van der Waals surface area contributed by atoms with Crippen molar-refractivity contribution in [3.8, 4) is 0 Å². The highest BCUT2D eigenvalue weighted by atomic mass is 32.2. The summed E-state index contributed by atoms with van der Waals surface area (Å²) in [5, 5.41) is 0. The minimum atomic E-state index is 0.709. The summed E-state index contributed by atoms with van der Waals surface area (Å²) in [6, 6.07) is 9.84. The maximum Gasteiger partial charge on any atom is 0.158 e. The van der Waals surface area contributed by atoms with Crippen LogP contribution >= 0.6 is 11.8 Å². The minimum Gasteiger partial charge on any atom is -0.382 e. The van der Waals surface area contributed by atoms with E-state index < -0.39 is 0 Å². The molecule has 1 rings (SSSR count). The third-order valence-electron chi connectivity index (χ3n) is 1.48. The van der Waals surface area contributed by atoms with Gasteiger partial charge in [0.2, 0.25) is 0 Å². The van der Waals surface area contributed by atoms with E-state index >= 15 is 0 Å². The van der Waals surface area contributed by atoms with Crippen LogP contribution in [-0.4, -0.2) is 25.3 Å². The van der Waals surface area contributed by atoms with Gasteiger partial charge in [0.1, 0.15) is 0 Å². The summed E-state index contributed by atoms with van der Waals surface area (Å²) in [7, 11) is 3.80. The van der Waals surface area contributed by atoms with Gasteiger partial charge in [0, 0.05) is 25.2 Å². The second-order valence-electron chi connectivity index (χ2n) is 3.03. The summed E-state index contributed by atoms with van der Waals surface area (Å²) >= 11 is 1.47. The van der Waals surface area contributed by atoms with Gasteiger partial charge in [-0.05, 0) is 12.1 Å². The van der Waals surface area contributed by atoms with Crippen molar-refractivity contribution in [2.45, 2.75) is 4.90 Å². The standard InChI is InChI=1S/C11H13NOS/c1-12(2)8-11(9-13)14-10-6-4-3-5-7-10/h3-9H,1-2H3/b11-8+. The predicted molar refractivity (Wildman–Crippen MR) is 60.1 cm³/mol. The van der Waals surface area contributed by atoms with E-state index in [-0.39, 0.29) is 0 Å². The summed E-state index contributed by atoms with van der Waals surface area (Å²) < 4.78 is 0. The molecule has 0 aliphatic carbocycles. The van der Waals surface area contributed by atoms with E-state index in [4.69, 9.17) is 0 Å². The van der Waals surface area contributed by atoms with E-state index in [1.165, 1.54) is 11.8 Å². The molecule has 0 radical (unpaired) electrons. The van der Waals surface area contributed by atoms with Crippen LogP contribution in [0.5, 0.6) is 0 Å². The molecule has 0 atom stereocenters. The highest BCUT2D eigenvalue weighted by Gasteiger charge is 1.98. The molecule has 0 saturated heterocycles. The summed E-state index contributed by atoms with van der Waals surface area (Å²) in [5.41, 5.74) is 0. The fourth-order valence-electron chi connectivity index (χ4n) is 0.960. The number of carbonyl (C=O) groups excluding carboxylic acids is 1. The maximum atomic E-state index is 10.7. The Labute approximate surface area is 88.6 Å². The lowest BCUT2D eigenvalue weighted by molar-refractivity contribution is -0.104. The van der Waals surface area contributed by atoms with Crippen LogP contribution in [-0.2, 0) is 4.79 Å². The first-order chi connectivity index (χ1) is 6.72. The molecule has 14 heavy (non-hydrogen) atoms. The van der Waals surface area contributed by atoms with Crippen molar-refractivity contribution in [1.82, 2.24) is 4.90 Å². The van der Waals surface area contributed by atoms with Crippen LogP contribution in [0, 0.1) is 0 Å². The molecule has 74 valence electrons. The van der Waals surface area contributed by atoms with Crippen molar-refractivity contribution >= 4 is 18.0 Å². The largest absolute Gasteiger partial charge is 0.382 e. The monoisotopic (exact) mass is 207 g/mol. The Hall–Kier alpha value is -1.22. The minimum absolute atomic E-state index is 0.709. The quantitative estimate of drug-likeness (QED) is 0.429. The fourth-order valence-corrected chi connectivity index (χ4v) is 1.84. The smallest absolute Gasteiger partial charge is 0.158 e. The van der Waals surface area contributed by atoms with Gasteiger partial charge in [-0.2, -0.15) is 0 Å². The Morgan fingerprint density at radius 3 is 2.43 bits per heavy atom. The molecular weight excluding hydrogens is 194 g/mol. The van der Waals surface area contributed by atoms with E-state index in [0.717, 1.165) is 11.2 Å². The van der Waals surface area contributed by atoms with Gasteiger partial charge in [0.25, 0.3) is 0 Å². The predicted octanol–water partition coefficient (Wildman–Crippen LogP) is 2.38. The zero-order valence-corrected chi connectivity index (χ0v) is 9.12. The molecule has 2 nitrogen and oxygen atoms in total. The van der Waals surface area contributed by atoms with Crippen molar-refractivity contribution in [2.24, 2.45) is 0 Å². The van der Waals surface area contributed by atoms with E-state index in [1.807, 2.05) is 55.5 Å². The molecule has 1 aromatic carbocycles. The van der Waals surface area contributed by atoms with Crippen LogP contribution in [0.15, 0.2) is 46.3 Å². The normalized spacial score (nSPS) is 11.1. The third-order valence-corrected chi connectivity index (χ3v) is 2.43. The number of carbonyl (C=O) groups is 1. The second-order valence-corrected chi connectivity index (χ2v) is 4.17. The van der Waals surface area contributed by atoms with Crippen LogP contribution in [0.1, 0.15) is 0 Å². The van der Waals surface area contributed by atoms with Crippen molar-refractivity contribution in [3.05, 3.63) is 41.4 Å². The summed E-state index contributed by atoms with van der Waals surface area (Å²) in [6.07, 6.45) is 2.68. The third kappa shape index (κ3) is 3.66. The molecule has 3 heteroatoms. The molecule has 0 spiro atoms. The van der Waals surface area contributed by atoms with Gasteiger partial charge in [0.15, 0.2) is 6.29 Å². The van der Waals surface area contributed by atoms with Crippen LogP contribution < -0.4 is 0 Å². The molecule has 0 bridgehead atoms. The fraction of sp³-hybridized carbons (Fsp3) is 0.182. The first kappa shape index (κ1) is 10.9. The Balaban J connectivity index is 2.71. The van der Waals surface area contributed by atoms with Gasteiger partial charge in [-0.3, -0.25) is 4.79 Å². The van der Waals surface area contributed by atoms with E-state index in [9.17, 15) is 4.79 Å². The van der Waals surface area contributed by atoms with Crippen LogP contribution in [0.3, 0.4) is 0 Å². The van der Waals surface area contributed by atoms with Gasteiger partial charge in [-0.25, -0.2) is 0 Å². The van der Waals surface area contributed by atoms with Crippen molar-refractivity contribution < 1.29 is 4.79 Å². The number of allylic oxidation sites excluding steroid dienone is 1. The molecule has 0 fully saturated rings. The average Bonchev–Trinajstić information content (AvgIpc) is 2.17. The van der Waals surface area contributed by atoms with Crippen LogP contribution in [0.4, 0.5) is 0 Å². The Kier molecular flexibility index (Phi) is 4.26. The first-order valence-electron chi connectivity index (χ1n) is 4.28. The number of hydrogen-bond acceptors (Lipinski definition) is 3. The Morgan fingerprint density at radius 1 is 1.29 bits per heavy atom. The zero-order valence-electron chi connectivity index (χ0n) is 8.31. The van der Waals surface area contributed by atoms with Crippen LogP contribution in [0.2, 0.25) is 0 Å². The van der Waals surface area contributed by atoms with Crippen molar-refractivity contribution in [2.75, 3.05) is 14.1 Å². The summed E-state index contributed by atoms with van der Waals surface area (Å²) in [4.78, 5) is 14.4. The van der Waals surface area contributed by atoms with Crippen LogP contribution in [0.25, 0.3) is 0 Å². The molecule has 0 aliphatic heterocycles. The Morgan fingerprint density at radius 2 is 1.93 bits per heavy atom. The summed E-state index contributed by atoms with van der Waals surface area (Å²) in [6.45, 7) is 0. The molecule has 0 unspecified atom stereocenters. The number of rotatable bonds is 4. The van der Waals surface area contributed by atoms with Gasteiger partial charge >= 0.3 is 0 Å². The SMILES string of the molecule is CN(C)/C=C(\C=O)Sc1ccccc1. The Bertz CT molecular complexity index is 319. The number of benzene rings is 1. The molecule has 0 amide bonds. The number of thioether (sulfide) groups is 1.